The van der Waals surface area contributed by atoms with E-state index in [1.165, 1.54) is 218 Å². The Morgan fingerprint density at radius 3 is 0.859 bits per heavy atom. The largest absolute Gasteiger partial charge is 0.462 e. The monoisotopic (exact) mass is 997 g/mol. The van der Waals surface area contributed by atoms with Gasteiger partial charge >= 0.3 is 17.9 Å². The number of esters is 3. The van der Waals surface area contributed by atoms with Gasteiger partial charge in [-0.15, -0.1) is 0 Å². The number of unbranched alkanes of at least 4 members (excludes halogenated alkanes) is 41. The number of rotatable bonds is 58. The molecule has 0 amide bonds. The van der Waals surface area contributed by atoms with Gasteiger partial charge in [-0.1, -0.05) is 308 Å². The molecule has 0 N–H and O–H groups in total. The predicted molar refractivity (Wildman–Crippen MR) is 307 cm³/mol. The molecule has 6 heteroatoms. The lowest BCUT2D eigenvalue weighted by molar-refractivity contribution is -0.167. The highest BCUT2D eigenvalue weighted by molar-refractivity contribution is 5.71. The van der Waals surface area contributed by atoms with Crippen molar-refractivity contribution in [1.82, 2.24) is 0 Å². The molecule has 0 aliphatic heterocycles. The summed E-state index contributed by atoms with van der Waals surface area (Å²) in [5, 5.41) is 0. The molecule has 0 bridgehead atoms. The second-order valence-electron chi connectivity index (χ2n) is 21.3. The topological polar surface area (TPSA) is 78.9 Å². The van der Waals surface area contributed by atoms with Crippen molar-refractivity contribution in [2.75, 3.05) is 13.2 Å². The number of hydrogen-bond acceptors (Lipinski definition) is 6. The second-order valence-corrected chi connectivity index (χ2v) is 21.3. The maximum Gasteiger partial charge on any atom is 0.306 e. The van der Waals surface area contributed by atoms with Gasteiger partial charge in [-0.3, -0.25) is 14.4 Å². The maximum atomic E-state index is 12.8. The van der Waals surface area contributed by atoms with Crippen LogP contribution in [0.15, 0.2) is 36.5 Å². The highest BCUT2D eigenvalue weighted by atomic mass is 16.6. The Bertz CT molecular complexity index is 1190. The lowest BCUT2D eigenvalue weighted by Gasteiger charge is -2.18. The Morgan fingerprint density at radius 1 is 0.296 bits per heavy atom. The van der Waals surface area contributed by atoms with E-state index in [0.29, 0.717) is 19.3 Å². The van der Waals surface area contributed by atoms with Crippen LogP contribution < -0.4 is 0 Å². The summed E-state index contributed by atoms with van der Waals surface area (Å²) in [6.45, 7) is 6.53. The summed E-state index contributed by atoms with van der Waals surface area (Å²) >= 11 is 0. The zero-order valence-electron chi connectivity index (χ0n) is 47.8. The van der Waals surface area contributed by atoms with Crippen LogP contribution in [-0.2, 0) is 28.6 Å². The van der Waals surface area contributed by atoms with Crippen LogP contribution in [0.2, 0.25) is 0 Å². The van der Waals surface area contributed by atoms with Crippen molar-refractivity contribution in [3.8, 4) is 0 Å². The molecule has 0 aliphatic carbocycles. The molecule has 0 aliphatic rings. The first-order valence-electron chi connectivity index (χ1n) is 31.5. The molecule has 6 nitrogen and oxygen atoms in total. The van der Waals surface area contributed by atoms with Crippen LogP contribution in [-0.4, -0.2) is 37.2 Å². The highest BCUT2D eigenvalue weighted by Crippen LogP contribution is 2.18. The molecule has 0 heterocycles. The molecular formula is C65H120O6. The molecule has 0 fully saturated rings. The van der Waals surface area contributed by atoms with E-state index in [2.05, 4.69) is 57.2 Å². The Labute approximate surface area is 442 Å². The van der Waals surface area contributed by atoms with Crippen LogP contribution in [0.1, 0.15) is 342 Å². The van der Waals surface area contributed by atoms with E-state index in [0.717, 1.165) is 83.5 Å². The summed E-state index contributed by atoms with van der Waals surface area (Å²) in [6, 6.07) is 0. The van der Waals surface area contributed by atoms with Crippen molar-refractivity contribution in [1.29, 1.82) is 0 Å². The van der Waals surface area contributed by atoms with Gasteiger partial charge < -0.3 is 14.2 Å². The maximum absolute atomic E-state index is 12.8. The van der Waals surface area contributed by atoms with Crippen molar-refractivity contribution >= 4 is 17.9 Å². The minimum absolute atomic E-state index is 0.0720. The van der Waals surface area contributed by atoms with Gasteiger partial charge in [-0.2, -0.15) is 0 Å². The van der Waals surface area contributed by atoms with E-state index < -0.39 is 6.10 Å². The number of allylic oxidation sites excluding steroid dienone is 6. The Morgan fingerprint density at radius 2 is 0.549 bits per heavy atom. The van der Waals surface area contributed by atoms with Gasteiger partial charge in [-0.05, 0) is 51.4 Å². The van der Waals surface area contributed by atoms with E-state index in [4.69, 9.17) is 14.2 Å². The summed E-state index contributed by atoms with van der Waals surface area (Å²) in [6.07, 6.45) is 73.4. The molecule has 0 aromatic rings. The van der Waals surface area contributed by atoms with Crippen molar-refractivity contribution in [3.05, 3.63) is 36.5 Å². The molecule has 1 atom stereocenters. The Kier molecular flexibility index (Phi) is 58.2. The van der Waals surface area contributed by atoms with E-state index in [1.54, 1.807) is 0 Å². The normalized spacial score (nSPS) is 12.2. The molecule has 416 valence electrons. The molecule has 71 heavy (non-hydrogen) atoms. The van der Waals surface area contributed by atoms with Gasteiger partial charge in [0.05, 0.1) is 0 Å². The van der Waals surface area contributed by atoms with E-state index >= 15 is 0 Å². The third-order valence-corrected chi connectivity index (χ3v) is 14.2. The average Bonchev–Trinajstić information content (AvgIpc) is 3.37. The highest BCUT2D eigenvalue weighted by Gasteiger charge is 2.19. The third-order valence-electron chi connectivity index (χ3n) is 14.2. The van der Waals surface area contributed by atoms with Crippen molar-refractivity contribution in [3.63, 3.8) is 0 Å². The molecule has 0 saturated heterocycles. The van der Waals surface area contributed by atoms with Crippen LogP contribution in [0, 0.1) is 0 Å². The fourth-order valence-electron chi connectivity index (χ4n) is 9.46. The molecule has 0 radical (unpaired) electrons. The number of ether oxygens (including phenoxy) is 3. The smallest absolute Gasteiger partial charge is 0.306 e. The number of carbonyl (C=O) groups excluding carboxylic acids is 3. The van der Waals surface area contributed by atoms with Crippen LogP contribution in [0.5, 0.6) is 0 Å². The van der Waals surface area contributed by atoms with E-state index in [9.17, 15) is 14.4 Å². The second kappa shape index (κ2) is 60.2. The molecule has 1 unspecified atom stereocenters. The summed E-state index contributed by atoms with van der Waals surface area (Å²) in [7, 11) is 0. The van der Waals surface area contributed by atoms with E-state index in [1.807, 2.05) is 0 Å². The summed E-state index contributed by atoms with van der Waals surface area (Å²) in [5.41, 5.74) is 0. The first-order valence-corrected chi connectivity index (χ1v) is 31.5. The van der Waals surface area contributed by atoms with Crippen LogP contribution >= 0.6 is 0 Å². The number of carbonyl (C=O) groups is 3. The standard InChI is InChI=1S/C65H120O6/c1-4-7-10-13-16-18-20-22-24-26-27-28-29-30-31-32-33-34-35-36-37-39-40-42-44-46-49-52-55-58-64(67)70-61-62(60-69-63(66)57-54-51-48-15-12-9-6-3)71-65(68)59-56-53-50-47-45-43-41-38-25-23-21-19-17-14-11-8-5-2/h8,11,17,19,23,25,62H,4-7,9-10,12-16,18,20-22,24,26-61H2,1-3H3/b11-8-,19-17-,25-23-. The van der Waals surface area contributed by atoms with Crippen LogP contribution in [0.25, 0.3) is 0 Å². The lowest BCUT2D eigenvalue weighted by atomic mass is 10.0. The first kappa shape index (κ1) is 68.6. The Hall–Kier alpha value is -2.37. The number of hydrogen-bond donors (Lipinski definition) is 0. The minimum atomic E-state index is -0.772. The quantitative estimate of drug-likeness (QED) is 0.0261. The predicted octanol–water partition coefficient (Wildman–Crippen LogP) is 21.2. The molecule has 0 aromatic carbocycles. The zero-order chi connectivity index (χ0) is 51.4. The van der Waals surface area contributed by atoms with Crippen molar-refractivity contribution in [2.24, 2.45) is 0 Å². The fourth-order valence-corrected chi connectivity index (χ4v) is 9.46. The third kappa shape index (κ3) is 58.4. The minimum Gasteiger partial charge on any atom is -0.462 e. The van der Waals surface area contributed by atoms with Crippen LogP contribution in [0.4, 0.5) is 0 Å². The first-order chi connectivity index (χ1) is 35.0. The van der Waals surface area contributed by atoms with Gasteiger partial charge in [-0.25, -0.2) is 0 Å². The van der Waals surface area contributed by atoms with Gasteiger partial charge in [0.15, 0.2) is 6.10 Å². The summed E-state index contributed by atoms with van der Waals surface area (Å²) in [5.74, 6) is -0.870. The van der Waals surface area contributed by atoms with E-state index in [-0.39, 0.29) is 31.1 Å². The van der Waals surface area contributed by atoms with Crippen molar-refractivity contribution in [2.45, 2.75) is 348 Å². The molecule has 0 spiro atoms. The Balaban J connectivity index is 4.02. The average molecular weight is 998 g/mol. The zero-order valence-corrected chi connectivity index (χ0v) is 47.8. The SMILES string of the molecule is CC/C=C\C/C=C\C/C=C\CCCCCCCCCC(=O)OC(COC(=O)CCCCCCCCC)COC(=O)CCCCCCCCCCCCCCCCCCCCCCCCCCCCCCC. The van der Waals surface area contributed by atoms with Crippen LogP contribution in [0.3, 0.4) is 0 Å². The molecule has 0 rings (SSSR count). The summed E-state index contributed by atoms with van der Waals surface area (Å²) < 4.78 is 16.8. The van der Waals surface area contributed by atoms with Gasteiger partial charge in [0.1, 0.15) is 13.2 Å². The van der Waals surface area contributed by atoms with Crippen molar-refractivity contribution < 1.29 is 28.6 Å². The fraction of sp³-hybridized carbons (Fsp3) is 0.862. The molecular weight excluding hydrogens is 877 g/mol. The summed E-state index contributed by atoms with van der Waals surface area (Å²) in [4.78, 5) is 38.0. The lowest BCUT2D eigenvalue weighted by Crippen LogP contribution is -2.30. The van der Waals surface area contributed by atoms with Gasteiger partial charge in [0.2, 0.25) is 0 Å². The molecule has 0 saturated carbocycles. The molecule has 0 aromatic heterocycles. The van der Waals surface area contributed by atoms with Gasteiger partial charge in [0, 0.05) is 19.3 Å². The van der Waals surface area contributed by atoms with Gasteiger partial charge in [0.25, 0.3) is 0 Å².